The third-order valence-electron chi connectivity index (χ3n) is 3.96. The van der Waals surface area contributed by atoms with Crippen LogP contribution in [0.4, 0.5) is 4.39 Å². The van der Waals surface area contributed by atoms with Gasteiger partial charge in [0.1, 0.15) is 18.2 Å². The molecular formula is C20H16FNO4S. The molecule has 0 saturated carbocycles. The fraction of sp³-hybridized carbons (Fsp3) is 0.150. The Morgan fingerprint density at radius 3 is 2.74 bits per heavy atom. The fourth-order valence-electron chi connectivity index (χ4n) is 2.62. The second-order valence-electron chi connectivity index (χ2n) is 5.79. The van der Waals surface area contributed by atoms with E-state index in [1.165, 1.54) is 23.5 Å². The summed E-state index contributed by atoms with van der Waals surface area (Å²) in [7, 11) is 0. The Balaban J connectivity index is 1.28. The summed E-state index contributed by atoms with van der Waals surface area (Å²) in [5, 5.41) is 2.83. The van der Waals surface area contributed by atoms with Crippen molar-refractivity contribution in [2.24, 2.45) is 0 Å². The van der Waals surface area contributed by atoms with E-state index < -0.39 is 0 Å². The van der Waals surface area contributed by atoms with Crippen molar-refractivity contribution in [2.75, 3.05) is 19.9 Å². The smallest absolute Gasteiger partial charge is 0.261 e. The van der Waals surface area contributed by atoms with Crippen molar-refractivity contribution in [3.63, 3.8) is 0 Å². The average Bonchev–Trinajstić information content (AvgIpc) is 3.35. The third kappa shape index (κ3) is 4.03. The summed E-state index contributed by atoms with van der Waals surface area (Å²) in [4.78, 5) is 13.8. The van der Waals surface area contributed by atoms with Crippen LogP contribution in [0.1, 0.15) is 9.67 Å². The normalized spacial score (nSPS) is 12.0. The lowest BCUT2D eigenvalue weighted by Crippen LogP contribution is -2.27. The van der Waals surface area contributed by atoms with Crippen molar-refractivity contribution < 1.29 is 23.4 Å². The van der Waals surface area contributed by atoms with Crippen molar-refractivity contribution in [1.29, 1.82) is 0 Å². The molecule has 0 aliphatic carbocycles. The lowest BCUT2D eigenvalue weighted by molar-refractivity contribution is 0.0951. The Morgan fingerprint density at radius 1 is 1.07 bits per heavy atom. The molecule has 27 heavy (non-hydrogen) atoms. The van der Waals surface area contributed by atoms with Crippen LogP contribution in [0.5, 0.6) is 17.2 Å². The summed E-state index contributed by atoms with van der Waals surface area (Å²) in [5.41, 5.74) is 0.881. The average molecular weight is 385 g/mol. The number of thiophene rings is 1. The number of amides is 1. The quantitative estimate of drug-likeness (QED) is 0.650. The van der Waals surface area contributed by atoms with Gasteiger partial charge in [0.25, 0.3) is 5.91 Å². The van der Waals surface area contributed by atoms with Crippen LogP contribution in [0.15, 0.2) is 54.6 Å². The third-order valence-corrected chi connectivity index (χ3v) is 5.09. The van der Waals surface area contributed by atoms with Crippen LogP contribution in [-0.4, -0.2) is 25.9 Å². The first kappa shape index (κ1) is 17.4. The highest BCUT2D eigenvalue weighted by Crippen LogP contribution is 2.35. The van der Waals surface area contributed by atoms with E-state index in [4.69, 9.17) is 14.2 Å². The van der Waals surface area contributed by atoms with Crippen LogP contribution in [0.2, 0.25) is 0 Å². The maximum absolute atomic E-state index is 13.0. The first-order valence-corrected chi connectivity index (χ1v) is 9.17. The number of carbonyl (C=O) groups excluding carboxylic acids is 1. The van der Waals surface area contributed by atoms with Crippen molar-refractivity contribution in [3.05, 3.63) is 65.3 Å². The number of benzene rings is 2. The first-order valence-electron chi connectivity index (χ1n) is 8.35. The number of carbonyl (C=O) groups is 1. The van der Waals surface area contributed by atoms with Gasteiger partial charge in [-0.25, -0.2) is 4.39 Å². The van der Waals surface area contributed by atoms with E-state index >= 15 is 0 Å². The standard InChI is InChI=1S/C20H16FNO4S/c21-14-3-1-13(2-4-14)18-7-8-19(27-18)20(23)22-9-10-24-15-5-6-16-17(11-15)26-12-25-16/h1-8,11H,9-10,12H2,(H,22,23). The number of hydrogen-bond acceptors (Lipinski definition) is 5. The van der Waals surface area contributed by atoms with Gasteiger partial charge in [0.15, 0.2) is 11.5 Å². The highest BCUT2D eigenvalue weighted by atomic mass is 32.1. The van der Waals surface area contributed by atoms with E-state index in [2.05, 4.69) is 5.32 Å². The molecule has 0 saturated heterocycles. The zero-order chi connectivity index (χ0) is 18.6. The van der Waals surface area contributed by atoms with E-state index in [1.54, 1.807) is 36.4 Å². The number of fused-ring (bicyclic) bond motifs is 1. The molecule has 0 atom stereocenters. The molecule has 1 N–H and O–H groups in total. The minimum absolute atomic E-state index is 0.164. The zero-order valence-electron chi connectivity index (χ0n) is 14.2. The van der Waals surface area contributed by atoms with Crippen LogP contribution in [0, 0.1) is 5.82 Å². The summed E-state index contributed by atoms with van der Waals surface area (Å²) in [5.74, 6) is 1.57. The monoisotopic (exact) mass is 385 g/mol. The lowest BCUT2D eigenvalue weighted by Gasteiger charge is -2.07. The molecule has 138 valence electrons. The molecule has 3 aromatic rings. The molecule has 0 radical (unpaired) electrons. The predicted octanol–water partition coefficient (Wildman–Crippen LogP) is 4.09. The second kappa shape index (κ2) is 7.67. The van der Waals surface area contributed by atoms with Gasteiger partial charge in [-0.1, -0.05) is 12.1 Å². The molecule has 1 aromatic heterocycles. The SMILES string of the molecule is O=C(NCCOc1ccc2c(c1)OCO2)c1ccc(-c2ccc(F)cc2)s1. The van der Waals surface area contributed by atoms with E-state index in [-0.39, 0.29) is 18.5 Å². The summed E-state index contributed by atoms with van der Waals surface area (Å²) < 4.78 is 29.2. The van der Waals surface area contributed by atoms with Gasteiger partial charge in [-0.15, -0.1) is 11.3 Å². The summed E-state index contributed by atoms with van der Waals surface area (Å²) in [6, 6.07) is 15.2. The number of ether oxygens (including phenoxy) is 3. The predicted molar refractivity (Wildman–Crippen MR) is 100 cm³/mol. The molecular weight excluding hydrogens is 369 g/mol. The van der Waals surface area contributed by atoms with Gasteiger partial charge in [0.2, 0.25) is 6.79 Å². The van der Waals surface area contributed by atoms with E-state index in [9.17, 15) is 9.18 Å². The van der Waals surface area contributed by atoms with Gasteiger partial charge in [0, 0.05) is 10.9 Å². The molecule has 0 fully saturated rings. The number of nitrogens with one attached hydrogen (secondary N) is 1. The zero-order valence-corrected chi connectivity index (χ0v) is 15.1. The Bertz CT molecular complexity index is 955. The Morgan fingerprint density at radius 2 is 1.89 bits per heavy atom. The van der Waals surface area contributed by atoms with Gasteiger partial charge in [-0.05, 0) is 42.0 Å². The van der Waals surface area contributed by atoms with Crippen LogP contribution < -0.4 is 19.5 Å². The number of halogens is 1. The summed E-state index contributed by atoms with van der Waals surface area (Å²) >= 11 is 1.36. The molecule has 0 unspecified atom stereocenters. The molecule has 1 aliphatic rings. The molecule has 0 bridgehead atoms. The topological polar surface area (TPSA) is 56.8 Å². The van der Waals surface area contributed by atoms with E-state index in [0.717, 1.165) is 10.4 Å². The number of rotatable bonds is 6. The van der Waals surface area contributed by atoms with Crippen molar-refractivity contribution >= 4 is 17.2 Å². The second-order valence-corrected chi connectivity index (χ2v) is 6.87. The van der Waals surface area contributed by atoms with E-state index in [1.807, 2.05) is 6.07 Å². The highest BCUT2D eigenvalue weighted by Gasteiger charge is 2.14. The molecule has 1 aliphatic heterocycles. The van der Waals surface area contributed by atoms with Gasteiger partial charge in [0.05, 0.1) is 11.4 Å². The van der Waals surface area contributed by atoms with Crippen LogP contribution in [-0.2, 0) is 0 Å². The molecule has 5 nitrogen and oxygen atoms in total. The molecule has 1 amide bonds. The van der Waals surface area contributed by atoms with Gasteiger partial charge in [-0.3, -0.25) is 4.79 Å². The molecule has 2 aromatic carbocycles. The largest absolute Gasteiger partial charge is 0.492 e. The van der Waals surface area contributed by atoms with E-state index in [0.29, 0.717) is 35.3 Å². The lowest BCUT2D eigenvalue weighted by atomic mass is 10.2. The Labute approximate surface area is 159 Å². The molecule has 2 heterocycles. The van der Waals surface area contributed by atoms with Crippen molar-refractivity contribution in [2.45, 2.75) is 0 Å². The van der Waals surface area contributed by atoms with Gasteiger partial charge < -0.3 is 19.5 Å². The maximum atomic E-state index is 13.0. The fourth-order valence-corrected chi connectivity index (χ4v) is 3.54. The minimum Gasteiger partial charge on any atom is -0.492 e. The van der Waals surface area contributed by atoms with Crippen LogP contribution in [0.3, 0.4) is 0 Å². The minimum atomic E-state index is -0.282. The van der Waals surface area contributed by atoms with Gasteiger partial charge >= 0.3 is 0 Å². The Hall–Kier alpha value is -3.06. The summed E-state index contributed by atoms with van der Waals surface area (Å²) in [6.07, 6.45) is 0. The molecule has 7 heteroatoms. The molecule has 4 rings (SSSR count). The van der Waals surface area contributed by atoms with Crippen molar-refractivity contribution in [3.8, 4) is 27.7 Å². The highest BCUT2D eigenvalue weighted by molar-refractivity contribution is 7.17. The van der Waals surface area contributed by atoms with Crippen molar-refractivity contribution in [1.82, 2.24) is 5.32 Å². The Kier molecular flexibility index (Phi) is 4.93. The number of hydrogen-bond donors (Lipinski definition) is 1. The van der Waals surface area contributed by atoms with Crippen LogP contribution in [0.25, 0.3) is 10.4 Å². The summed E-state index contributed by atoms with van der Waals surface area (Å²) in [6.45, 7) is 0.925. The first-order chi connectivity index (χ1) is 13.2. The van der Waals surface area contributed by atoms with Gasteiger partial charge in [-0.2, -0.15) is 0 Å². The molecule has 0 spiro atoms. The van der Waals surface area contributed by atoms with Crippen LogP contribution >= 0.6 is 11.3 Å². The maximum Gasteiger partial charge on any atom is 0.261 e.